The first-order chi connectivity index (χ1) is 9.79. The van der Waals surface area contributed by atoms with Gasteiger partial charge in [0.2, 0.25) is 5.91 Å². The normalized spacial score (nSPS) is 19.0. The highest BCUT2D eigenvalue weighted by atomic mass is 19.4. The Morgan fingerprint density at radius 3 is 2.67 bits per heavy atom. The molecule has 1 aromatic rings. The molecule has 0 spiro atoms. The number of anilines is 1. The topological polar surface area (TPSA) is 78.4 Å². The van der Waals surface area contributed by atoms with Crippen LogP contribution in [0.3, 0.4) is 0 Å². The number of benzene rings is 1. The van der Waals surface area contributed by atoms with Crippen LogP contribution in [-0.2, 0) is 11.0 Å². The van der Waals surface area contributed by atoms with Gasteiger partial charge in [0, 0.05) is 12.2 Å². The van der Waals surface area contributed by atoms with Crippen molar-refractivity contribution in [1.82, 2.24) is 5.32 Å². The summed E-state index contributed by atoms with van der Waals surface area (Å²) in [7, 11) is 0. The summed E-state index contributed by atoms with van der Waals surface area (Å²) >= 11 is 0. The van der Waals surface area contributed by atoms with Crippen LogP contribution in [0.5, 0.6) is 0 Å². The molecular formula is C13H13F3N2O3. The van der Waals surface area contributed by atoms with E-state index in [0.717, 1.165) is 12.1 Å². The Bertz CT molecular complexity index is 572. The maximum absolute atomic E-state index is 12.6. The van der Waals surface area contributed by atoms with E-state index in [1.165, 1.54) is 0 Å². The maximum Gasteiger partial charge on any atom is 0.416 e. The van der Waals surface area contributed by atoms with Crippen LogP contribution < -0.4 is 10.6 Å². The van der Waals surface area contributed by atoms with Gasteiger partial charge < -0.3 is 15.7 Å². The van der Waals surface area contributed by atoms with Crippen LogP contribution in [0.25, 0.3) is 0 Å². The molecule has 5 nitrogen and oxygen atoms in total. The molecule has 3 N–H and O–H groups in total. The lowest BCUT2D eigenvalue weighted by atomic mass is 10.0. The molecule has 1 amide bonds. The Morgan fingerprint density at radius 1 is 1.38 bits per heavy atom. The number of rotatable bonds is 3. The van der Waals surface area contributed by atoms with E-state index in [1.807, 2.05) is 0 Å². The van der Waals surface area contributed by atoms with Crippen molar-refractivity contribution < 1.29 is 27.9 Å². The summed E-state index contributed by atoms with van der Waals surface area (Å²) in [6.45, 7) is 0.538. The number of carboxylic acid groups (broad SMARTS) is 1. The van der Waals surface area contributed by atoms with Gasteiger partial charge in [-0.05, 0) is 31.0 Å². The van der Waals surface area contributed by atoms with E-state index in [9.17, 15) is 22.8 Å². The Morgan fingerprint density at radius 2 is 2.10 bits per heavy atom. The second-order valence-electron chi connectivity index (χ2n) is 4.69. The molecule has 1 unspecified atom stereocenters. The fraction of sp³-hybridized carbons (Fsp3) is 0.385. The van der Waals surface area contributed by atoms with Gasteiger partial charge in [0.05, 0.1) is 11.1 Å². The minimum Gasteiger partial charge on any atom is -0.478 e. The number of piperidine rings is 1. The van der Waals surface area contributed by atoms with Crippen LogP contribution in [0.15, 0.2) is 18.2 Å². The molecule has 1 saturated heterocycles. The highest BCUT2D eigenvalue weighted by Gasteiger charge is 2.32. The lowest BCUT2D eigenvalue weighted by Crippen LogP contribution is -2.44. The van der Waals surface area contributed by atoms with Crippen molar-refractivity contribution in [3.63, 3.8) is 0 Å². The first-order valence-corrected chi connectivity index (χ1v) is 6.28. The van der Waals surface area contributed by atoms with Gasteiger partial charge in [0.1, 0.15) is 6.04 Å². The summed E-state index contributed by atoms with van der Waals surface area (Å²) in [5.41, 5.74) is -1.56. The second kappa shape index (κ2) is 5.63. The number of carbonyl (C=O) groups excluding carboxylic acids is 1. The molecule has 0 aliphatic carbocycles. The van der Waals surface area contributed by atoms with Crippen molar-refractivity contribution >= 4 is 17.6 Å². The zero-order valence-corrected chi connectivity index (χ0v) is 10.8. The van der Waals surface area contributed by atoms with Gasteiger partial charge in [-0.1, -0.05) is 0 Å². The summed E-state index contributed by atoms with van der Waals surface area (Å²) in [5, 5.41) is 14.4. The van der Waals surface area contributed by atoms with E-state index >= 15 is 0 Å². The molecule has 0 radical (unpaired) electrons. The van der Waals surface area contributed by atoms with E-state index < -0.39 is 29.3 Å². The number of halogens is 3. The third-order valence-corrected chi connectivity index (χ3v) is 3.19. The number of hydrogen-bond donors (Lipinski definition) is 3. The van der Waals surface area contributed by atoms with Crippen LogP contribution >= 0.6 is 0 Å². The Balaban J connectivity index is 2.30. The maximum atomic E-state index is 12.6. The first-order valence-electron chi connectivity index (χ1n) is 6.28. The molecule has 114 valence electrons. The van der Waals surface area contributed by atoms with E-state index in [4.69, 9.17) is 5.11 Å². The highest BCUT2D eigenvalue weighted by molar-refractivity contribution is 5.96. The summed E-state index contributed by atoms with van der Waals surface area (Å²) in [6, 6.07) is 1.74. The number of carboxylic acids is 1. The fourth-order valence-electron chi connectivity index (χ4n) is 2.12. The summed E-state index contributed by atoms with van der Waals surface area (Å²) in [5.74, 6) is -1.78. The van der Waals surface area contributed by atoms with Gasteiger partial charge in [-0.2, -0.15) is 13.2 Å². The lowest BCUT2D eigenvalue weighted by molar-refractivity contribution is -0.137. The zero-order valence-electron chi connectivity index (χ0n) is 10.8. The monoisotopic (exact) mass is 302 g/mol. The van der Waals surface area contributed by atoms with Gasteiger partial charge in [-0.15, -0.1) is 0 Å². The molecule has 0 aromatic heterocycles. The van der Waals surface area contributed by atoms with Gasteiger partial charge in [0.25, 0.3) is 0 Å². The van der Waals surface area contributed by atoms with Crippen molar-refractivity contribution in [2.24, 2.45) is 0 Å². The number of carbonyl (C=O) groups is 2. The predicted octanol–water partition coefficient (Wildman–Crippen LogP) is 2.09. The van der Waals surface area contributed by atoms with Crippen LogP contribution in [0.2, 0.25) is 0 Å². The molecule has 0 bridgehead atoms. The van der Waals surface area contributed by atoms with Crippen molar-refractivity contribution in [2.75, 3.05) is 11.9 Å². The molecular weight excluding hydrogens is 289 g/mol. The predicted molar refractivity (Wildman–Crippen MR) is 68.1 cm³/mol. The minimum atomic E-state index is -4.62. The van der Waals surface area contributed by atoms with Crippen LogP contribution in [0, 0.1) is 0 Å². The van der Waals surface area contributed by atoms with Crippen LogP contribution in [0.4, 0.5) is 18.9 Å². The van der Waals surface area contributed by atoms with Crippen molar-refractivity contribution in [2.45, 2.75) is 25.1 Å². The number of alkyl halides is 3. The highest BCUT2D eigenvalue weighted by Crippen LogP contribution is 2.32. The number of amides is 1. The number of hydrogen-bond acceptors (Lipinski definition) is 3. The van der Waals surface area contributed by atoms with E-state index in [-0.39, 0.29) is 11.6 Å². The SMILES string of the molecule is O=C(O)c1cc(C(F)(F)F)ccc1NC1CCCNC1=O. The summed E-state index contributed by atoms with van der Waals surface area (Å²) in [4.78, 5) is 22.7. The van der Waals surface area contributed by atoms with Gasteiger partial charge in [-0.25, -0.2) is 4.79 Å². The van der Waals surface area contributed by atoms with Gasteiger partial charge >= 0.3 is 12.1 Å². The quantitative estimate of drug-likeness (QED) is 0.799. The molecule has 1 heterocycles. The third-order valence-electron chi connectivity index (χ3n) is 3.19. The molecule has 1 fully saturated rings. The molecule has 2 rings (SSSR count). The minimum absolute atomic E-state index is 0.00227. The average molecular weight is 302 g/mol. The van der Waals surface area contributed by atoms with E-state index in [2.05, 4.69) is 10.6 Å². The van der Waals surface area contributed by atoms with E-state index in [0.29, 0.717) is 25.5 Å². The fourth-order valence-corrected chi connectivity index (χ4v) is 2.12. The lowest BCUT2D eigenvalue weighted by Gasteiger charge is -2.24. The van der Waals surface area contributed by atoms with Crippen molar-refractivity contribution in [1.29, 1.82) is 0 Å². The third kappa shape index (κ3) is 3.45. The molecule has 1 aromatic carbocycles. The largest absolute Gasteiger partial charge is 0.478 e. The van der Waals surface area contributed by atoms with Crippen LogP contribution in [0.1, 0.15) is 28.8 Å². The Hall–Kier alpha value is -2.25. The molecule has 1 aliphatic rings. The summed E-state index contributed by atoms with van der Waals surface area (Å²) in [6.07, 6.45) is -3.41. The van der Waals surface area contributed by atoms with E-state index in [1.54, 1.807) is 0 Å². The molecule has 8 heteroatoms. The van der Waals surface area contributed by atoms with Crippen LogP contribution in [-0.4, -0.2) is 29.6 Å². The first kappa shape index (κ1) is 15.1. The van der Waals surface area contributed by atoms with Crippen molar-refractivity contribution in [3.05, 3.63) is 29.3 Å². The zero-order chi connectivity index (χ0) is 15.6. The Kier molecular flexibility index (Phi) is 4.06. The standard InChI is InChI=1S/C13H13F3N2O3/c14-13(15,16)7-3-4-9(8(6-7)12(20)21)18-10-2-1-5-17-11(10)19/h3-4,6,10,18H,1-2,5H2,(H,17,19)(H,20,21). The second-order valence-corrected chi connectivity index (χ2v) is 4.69. The molecule has 1 aliphatic heterocycles. The van der Waals surface area contributed by atoms with Gasteiger partial charge in [0.15, 0.2) is 0 Å². The number of aromatic carboxylic acids is 1. The Labute approximate surface area is 118 Å². The molecule has 0 saturated carbocycles. The van der Waals surface area contributed by atoms with Gasteiger partial charge in [-0.3, -0.25) is 4.79 Å². The molecule has 21 heavy (non-hydrogen) atoms. The average Bonchev–Trinajstić information content (AvgIpc) is 2.40. The molecule has 1 atom stereocenters. The smallest absolute Gasteiger partial charge is 0.416 e. The number of nitrogens with one attached hydrogen (secondary N) is 2. The summed E-state index contributed by atoms with van der Waals surface area (Å²) < 4.78 is 37.8. The van der Waals surface area contributed by atoms with Crippen molar-refractivity contribution in [3.8, 4) is 0 Å².